The van der Waals surface area contributed by atoms with Gasteiger partial charge in [-0.15, -0.1) is 0 Å². The van der Waals surface area contributed by atoms with E-state index in [1.165, 1.54) is 13.0 Å². The topological polar surface area (TPSA) is 83.8 Å². The van der Waals surface area contributed by atoms with Crippen LogP contribution in [0.3, 0.4) is 0 Å². The van der Waals surface area contributed by atoms with Gasteiger partial charge in [-0.25, -0.2) is 0 Å². The van der Waals surface area contributed by atoms with E-state index < -0.39 is 0 Å². The van der Waals surface area contributed by atoms with Crippen molar-refractivity contribution in [1.82, 2.24) is 0 Å². The van der Waals surface area contributed by atoms with Crippen LogP contribution >= 0.6 is 0 Å². The van der Waals surface area contributed by atoms with E-state index in [2.05, 4.69) is 11.8 Å². The molecule has 0 aliphatic rings. The third-order valence-electron chi connectivity index (χ3n) is 3.14. The molecule has 0 bridgehead atoms. The van der Waals surface area contributed by atoms with Crippen molar-refractivity contribution in [3.63, 3.8) is 0 Å². The highest BCUT2D eigenvalue weighted by atomic mass is 16.5. The van der Waals surface area contributed by atoms with Crippen LogP contribution in [-0.2, 0) is 9.53 Å². The first kappa shape index (κ1) is 17.6. The number of phenolic OH excluding ortho intramolecular Hbond substituents is 2. The van der Waals surface area contributed by atoms with Crippen LogP contribution in [0.5, 0.6) is 11.5 Å². The quantitative estimate of drug-likeness (QED) is 0.365. The van der Waals surface area contributed by atoms with Gasteiger partial charge < -0.3 is 14.9 Å². The fourth-order valence-electron chi connectivity index (χ4n) is 1.87. The number of hydrogen-bond acceptors (Lipinski definition) is 5. The molecule has 0 aromatic heterocycles. The van der Waals surface area contributed by atoms with E-state index in [-0.39, 0.29) is 28.6 Å². The molecule has 0 heterocycles. The van der Waals surface area contributed by atoms with Crippen LogP contribution in [0.1, 0.15) is 54.1 Å². The maximum absolute atomic E-state index is 11.1. The number of carbonyl (C=O) groups excluding carboxylic acids is 2. The van der Waals surface area contributed by atoms with Crippen molar-refractivity contribution in [3.8, 4) is 23.3 Å². The van der Waals surface area contributed by atoms with Gasteiger partial charge in [0.1, 0.15) is 11.5 Å². The Morgan fingerprint density at radius 2 is 2.09 bits per heavy atom. The van der Waals surface area contributed by atoms with Crippen LogP contribution in [0.25, 0.3) is 0 Å². The lowest BCUT2D eigenvalue weighted by molar-refractivity contribution is -0.143. The van der Waals surface area contributed by atoms with E-state index in [9.17, 15) is 19.8 Å². The Balaban J connectivity index is 2.62. The van der Waals surface area contributed by atoms with E-state index in [0.29, 0.717) is 37.7 Å². The number of rotatable bonds is 6. The number of aromatic hydroxyl groups is 2. The van der Waals surface area contributed by atoms with Crippen LogP contribution in [0.15, 0.2) is 6.07 Å². The molecule has 0 saturated heterocycles. The highest BCUT2D eigenvalue weighted by molar-refractivity contribution is 5.85. The molecule has 0 aliphatic carbocycles. The van der Waals surface area contributed by atoms with Crippen LogP contribution in [0, 0.1) is 18.8 Å². The summed E-state index contributed by atoms with van der Waals surface area (Å²) in [6, 6.07) is 1.37. The lowest BCUT2D eigenvalue weighted by atomic mass is 10.0. The molecule has 5 nitrogen and oxygen atoms in total. The standard InChI is InChI=1S/C17H20O5/c1-3-22-16(20)9-7-5-4-6-8-13-10-15(19)12(2)17(21)14(13)11-18/h10-11,19,21H,3-5,7,9H2,1-2H3. The summed E-state index contributed by atoms with van der Waals surface area (Å²) in [6.07, 6.45) is 2.84. The average molecular weight is 304 g/mol. The van der Waals surface area contributed by atoms with E-state index in [4.69, 9.17) is 4.74 Å². The van der Waals surface area contributed by atoms with Gasteiger partial charge in [-0.3, -0.25) is 9.59 Å². The predicted molar refractivity (Wildman–Crippen MR) is 81.9 cm³/mol. The molecule has 0 aliphatic heterocycles. The molecule has 0 unspecified atom stereocenters. The zero-order valence-corrected chi connectivity index (χ0v) is 12.8. The molecule has 5 heteroatoms. The number of phenols is 2. The Morgan fingerprint density at radius 3 is 2.73 bits per heavy atom. The van der Waals surface area contributed by atoms with Crippen LogP contribution in [-0.4, -0.2) is 29.1 Å². The molecule has 1 aromatic rings. The van der Waals surface area contributed by atoms with Crippen molar-refractivity contribution in [2.75, 3.05) is 6.61 Å². The van der Waals surface area contributed by atoms with Gasteiger partial charge in [-0.1, -0.05) is 11.8 Å². The third-order valence-corrected chi connectivity index (χ3v) is 3.14. The summed E-state index contributed by atoms with van der Waals surface area (Å²) < 4.78 is 4.82. The number of carbonyl (C=O) groups is 2. The van der Waals surface area contributed by atoms with Gasteiger partial charge in [0.2, 0.25) is 0 Å². The summed E-state index contributed by atoms with van der Waals surface area (Å²) in [6.45, 7) is 3.66. The maximum atomic E-state index is 11.1. The number of unbranched alkanes of at least 4 members (excludes halogenated alkanes) is 2. The molecule has 1 rings (SSSR count). The molecule has 0 amide bonds. The van der Waals surface area contributed by atoms with Crippen molar-refractivity contribution in [2.24, 2.45) is 0 Å². The van der Waals surface area contributed by atoms with E-state index in [1.807, 2.05) is 0 Å². The summed E-state index contributed by atoms with van der Waals surface area (Å²) in [4.78, 5) is 22.2. The number of esters is 1. The Labute approximate surface area is 129 Å². The van der Waals surface area contributed by atoms with Gasteiger partial charge in [0.25, 0.3) is 0 Å². The minimum atomic E-state index is -0.249. The second-order valence-electron chi connectivity index (χ2n) is 4.76. The summed E-state index contributed by atoms with van der Waals surface area (Å²) in [5.74, 6) is 5.08. The normalized spacial score (nSPS) is 9.73. The monoisotopic (exact) mass is 304 g/mol. The van der Waals surface area contributed by atoms with Crippen molar-refractivity contribution in [1.29, 1.82) is 0 Å². The number of ether oxygens (including phenoxy) is 1. The molecule has 0 spiro atoms. The number of aldehydes is 1. The summed E-state index contributed by atoms with van der Waals surface area (Å²) in [5, 5.41) is 19.5. The number of hydrogen-bond donors (Lipinski definition) is 2. The highest BCUT2D eigenvalue weighted by Gasteiger charge is 2.12. The minimum Gasteiger partial charge on any atom is -0.507 e. The Kier molecular flexibility index (Phi) is 6.97. The fourth-order valence-corrected chi connectivity index (χ4v) is 1.87. The summed E-state index contributed by atoms with van der Waals surface area (Å²) in [5.41, 5.74) is 0.623. The molecule has 0 fully saturated rings. The Bertz CT molecular complexity index is 608. The second-order valence-corrected chi connectivity index (χ2v) is 4.76. The molecule has 0 atom stereocenters. The highest BCUT2D eigenvalue weighted by Crippen LogP contribution is 2.31. The SMILES string of the molecule is CCOC(=O)CCCCC#Cc1cc(O)c(C)c(O)c1C=O. The molecule has 0 saturated carbocycles. The molecular formula is C17H20O5. The Hall–Kier alpha value is -2.48. The van der Waals surface area contributed by atoms with Gasteiger partial charge >= 0.3 is 5.97 Å². The zero-order chi connectivity index (χ0) is 16.5. The van der Waals surface area contributed by atoms with E-state index in [0.717, 1.165) is 6.42 Å². The lowest BCUT2D eigenvalue weighted by Gasteiger charge is -2.06. The second kappa shape index (κ2) is 8.73. The van der Waals surface area contributed by atoms with Crippen LogP contribution in [0.4, 0.5) is 0 Å². The molecular weight excluding hydrogens is 284 g/mol. The molecule has 1 aromatic carbocycles. The van der Waals surface area contributed by atoms with Gasteiger partial charge in [0, 0.05) is 24.0 Å². The van der Waals surface area contributed by atoms with Crippen molar-refractivity contribution in [2.45, 2.75) is 39.5 Å². The molecule has 22 heavy (non-hydrogen) atoms. The summed E-state index contributed by atoms with van der Waals surface area (Å²) in [7, 11) is 0. The molecule has 0 radical (unpaired) electrons. The summed E-state index contributed by atoms with van der Waals surface area (Å²) >= 11 is 0. The van der Waals surface area contributed by atoms with E-state index in [1.54, 1.807) is 6.92 Å². The van der Waals surface area contributed by atoms with Gasteiger partial charge in [-0.2, -0.15) is 0 Å². The largest absolute Gasteiger partial charge is 0.507 e. The van der Waals surface area contributed by atoms with Crippen molar-refractivity contribution in [3.05, 3.63) is 22.8 Å². The lowest BCUT2D eigenvalue weighted by Crippen LogP contribution is -2.02. The van der Waals surface area contributed by atoms with Crippen molar-refractivity contribution < 1.29 is 24.5 Å². The van der Waals surface area contributed by atoms with Crippen molar-refractivity contribution >= 4 is 12.3 Å². The van der Waals surface area contributed by atoms with Gasteiger partial charge in [0.15, 0.2) is 6.29 Å². The van der Waals surface area contributed by atoms with Gasteiger partial charge in [0.05, 0.1) is 12.2 Å². The first-order chi connectivity index (χ1) is 10.5. The maximum Gasteiger partial charge on any atom is 0.305 e. The fraction of sp³-hybridized carbons (Fsp3) is 0.412. The first-order valence-corrected chi connectivity index (χ1v) is 7.16. The first-order valence-electron chi connectivity index (χ1n) is 7.16. The Morgan fingerprint density at radius 1 is 1.36 bits per heavy atom. The van der Waals surface area contributed by atoms with Crippen LogP contribution in [0.2, 0.25) is 0 Å². The zero-order valence-electron chi connectivity index (χ0n) is 12.8. The minimum absolute atomic E-state index is 0.0781. The van der Waals surface area contributed by atoms with Gasteiger partial charge in [-0.05, 0) is 32.8 Å². The van der Waals surface area contributed by atoms with Crippen LogP contribution < -0.4 is 0 Å². The molecule has 2 N–H and O–H groups in total. The third kappa shape index (κ3) is 4.81. The average Bonchev–Trinajstić information content (AvgIpc) is 2.49. The number of benzene rings is 1. The predicted octanol–water partition coefficient (Wildman–Crippen LogP) is 2.69. The van der Waals surface area contributed by atoms with E-state index >= 15 is 0 Å². The molecule has 118 valence electrons. The smallest absolute Gasteiger partial charge is 0.305 e.